The number of unbranched alkanes of at least 4 members (excludes halogenated alkanes) is 4. The molecule has 1 rings (SSSR count). The van der Waals surface area contributed by atoms with Gasteiger partial charge in [0.2, 0.25) is 0 Å². The number of hydrogen-bond acceptors (Lipinski definition) is 2. The maximum atomic E-state index is 12.0. The van der Waals surface area contributed by atoms with E-state index in [4.69, 9.17) is 4.55 Å². The quantitative estimate of drug-likeness (QED) is 0.252. The van der Waals surface area contributed by atoms with Gasteiger partial charge in [-0.1, -0.05) is 53.4 Å². The van der Waals surface area contributed by atoms with Gasteiger partial charge in [-0.3, -0.25) is 4.55 Å². The molecule has 1 N–H and O–H groups in total. The lowest BCUT2D eigenvalue weighted by atomic mass is 10.1. The van der Waals surface area contributed by atoms with Gasteiger partial charge in [-0.25, -0.2) is 0 Å². The lowest BCUT2D eigenvalue weighted by molar-refractivity contribution is -0.929. The molecule has 0 fully saturated rings. The van der Waals surface area contributed by atoms with Crippen LogP contribution in [0.1, 0.15) is 84.6 Å². The third kappa shape index (κ3) is 12.5. The Kier molecular flexibility index (Phi) is 14.3. The third-order valence-corrected chi connectivity index (χ3v) is 6.29. The van der Waals surface area contributed by atoms with E-state index in [9.17, 15) is 21.6 Å². The number of benzene rings is 1. The van der Waals surface area contributed by atoms with Crippen molar-refractivity contribution in [2.24, 2.45) is 0 Å². The average Bonchev–Trinajstić information content (AvgIpc) is 2.72. The first-order valence-corrected chi connectivity index (χ1v) is 12.9. The van der Waals surface area contributed by atoms with Crippen LogP contribution in [0.15, 0.2) is 29.2 Å². The van der Waals surface area contributed by atoms with Crippen LogP contribution in [0.2, 0.25) is 0 Å². The Hall–Kier alpha value is -1.12. The molecule has 1 aromatic carbocycles. The SMILES string of the molecule is CCCC[N+](CCCC)(CCCC)CCCC.O=S(=O)(O)c1ccc(C(F)(F)F)cc1. The van der Waals surface area contributed by atoms with Gasteiger partial charge in [0.25, 0.3) is 10.1 Å². The lowest BCUT2D eigenvalue weighted by Gasteiger charge is -2.39. The molecule has 4 nitrogen and oxygen atoms in total. The highest BCUT2D eigenvalue weighted by Gasteiger charge is 2.30. The summed E-state index contributed by atoms with van der Waals surface area (Å²) in [7, 11) is -4.43. The smallest absolute Gasteiger partial charge is 0.324 e. The Labute approximate surface area is 187 Å². The fraction of sp³-hybridized carbons (Fsp3) is 0.739. The third-order valence-electron chi connectivity index (χ3n) is 5.42. The monoisotopic (exact) mass is 468 g/mol. The van der Waals surface area contributed by atoms with Gasteiger partial charge in [0, 0.05) is 0 Å². The number of halogens is 3. The van der Waals surface area contributed by atoms with Crippen LogP contribution in [-0.2, 0) is 16.3 Å². The summed E-state index contributed by atoms with van der Waals surface area (Å²) in [5.74, 6) is 0. The maximum absolute atomic E-state index is 12.0. The first-order valence-electron chi connectivity index (χ1n) is 11.5. The molecule has 0 spiro atoms. The van der Waals surface area contributed by atoms with Gasteiger partial charge >= 0.3 is 6.18 Å². The summed E-state index contributed by atoms with van der Waals surface area (Å²) in [6.45, 7) is 15.0. The second kappa shape index (κ2) is 14.9. The van der Waals surface area contributed by atoms with E-state index < -0.39 is 26.8 Å². The van der Waals surface area contributed by atoms with Crippen molar-refractivity contribution < 1.29 is 30.6 Å². The van der Waals surface area contributed by atoms with Crippen LogP contribution in [0.4, 0.5) is 13.2 Å². The molecule has 0 bridgehead atoms. The first kappa shape index (κ1) is 29.9. The fourth-order valence-corrected chi connectivity index (χ4v) is 3.94. The predicted octanol–water partition coefficient (Wildman–Crippen LogP) is 6.96. The number of rotatable bonds is 13. The molecule has 31 heavy (non-hydrogen) atoms. The highest BCUT2D eigenvalue weighted by molar-refractivity contribution is 7.85. The maximum Gasteiger partial charge on any atom is 0.416 e. The van der Waals surface area contributed by atoms with Gasteiger partial charge in [-0.2, -0.15) is 21.6 Å². The molecule has 0 heterocycles. The molecule has 0 atom stereocenters. The Morgan fingerprint density at radius 2 is 1.06 bits per heavy atom. The van der Waals surface area contributed by atoms with Gasteiger partial charge in [0.1, 0.15) is 0 Å². The second-order valence-electron chi connectivity index (χ2n) is 8.15. The van der Waals surface area contributed by atoms with Crippen LogP contribution in [0.25, 0.3) is 0 Å². The van der Waals surface area contributed by atoms with E-state index in [1.54, 1.807) is 0 Å². The first-order chi connectivity index (χ1) is 14.5. The summed E-state index contributed by atoms with van der Waals surface area (Å²) in [6.07, 6.45) is 6.55. The molecule has 1 aromatic rings. The van der Waals surface area contributed by atoms with Crippen LogP contribution in [0.5, 0.6) is 0 Å². The van der Waals surface area contributed by atoms with Crippen molar-refractivity contribution in [3.05, 3.63) is 29.8 Å². The average molecular weight is 469 g/mol. The lowest BCUT2D eigenvalue weighted by Crippen LogP contribution is -2.50. The molecule has 0 aliphatic rings. The highest BCUT2D eigenvalue weighted by Crippen LogP contribution is 2.29. The van der Waals surface area contributed by atoms with Crippen molar-refractivity contribution in [3.63, 3.8) is 0 Å². The summed E-state index contributed by atoms with van der Waals surface area (Å²) in [6, 6.07) is 2.56. The van der Waals surface area contributed by atoms with Crippen molar-refractivity contribution in [1.29, 1.82) is 0 Å². The molecular weight excluding hydrogens is 427 g/mol. The summed E-state index contributed by atoms with van der Waals surface area (Å²) in [4.78, 5) is -0.564. The molecule has 0 saturated heterocycles. The molecule has 182 valence electrons. The fourth-order valence-electron chi connectivity index (χ4n) is 3.46. The van der Waals surface area contributed by atoms with Gasteiger partial charge in [-0.15, -0.1) is 0 Å². The van der Waals surface area contributed by atoms with Gasteiger partial charge in [0.05, 0.1) is 36.6 Å². The van der Waals surface area contributed by atoms with Gasteiger partial charge < -0.3 is 4.48 Å². The van der Waals surface area contributed by atoms with Crippen LogP contribution in [-0.4, -0.2) is 43.6 Å². The largest absolute Gasteiger partial charge is 0.416 e. The summed E-state index contributed by atoms with van der Waals surface area (Å²) >= 11 is 0. The van der Waals surface area contributed by atoms with Gasteiger partial charge in [0.15, 0.2) is 0 Å². The Balaban J connectivity index is 0.000000590. The summed E-state index contributed by atoms with van der Waals surface area (Å²) in [5.41, 5.74) is -0.968. The van der Waals surface area contributed by atoms with E-state index in [2.05, 4.69) is 27.7 Å². The minimum absolute atomic E-state index is 0.564. The Morgan fingerprint density at radius 3 is 1.29 bits per heavy atom. The van der Waals surface area contributed by atoms with Crippen LogP contribution >= 0.6 is 0 Å². The van der Waals surface area contributed by atoms with Gasteiger partial charge in [-0.05, 0) is 49.9 Å². The van der Waals surface area contributed by atoms with Crippen molar-refractivity contribution in [2.75, 3.05) is 26.2 Å². The van der Waals surface area contributed by atoms with Crippen LogP contribution in [0, 0.1) is 0 Å². The van der Waals surface area contributed by atoms with Crippen molar-refractivity contribution in [2.45, 2.75) is 90.1 Å². The number of alkyl halides is 3. The van der Waals surface area contributed by atoms with Crippen molar-refractivity contribution >= 4 is 10.1 Å². The molecule has 0 aliphatic heterocycles. The zero-order chi connectivity index (χ0) is 24.0. The molecule has 0 amide bonds. The zero-order valence-electron chi connectivity index (χ0n) is 19.5. The molecule has 0 unspecified atom stereocenters. The van der Waals surface area contributed by atoms with Crippen LogP contribution in [0.3, 0.4) is 0 Å². The van der Waals surface area contributed by atoms with Crippen molar-refractivity contribution in [3.8, 4) is 0 Å². The molecular formula is C23H41F3NO3S+. The van der Waals surface area contributed by atoms with E-state index >= 15 is 0 Å². The molecule has 8 heteroatoms. The van der Waals surface area contributed by atoms with E-state index in [-0.39, 0.29) is 0 Å². The zero-order valence-corrected chi connectivity index (χ0v) is 20.4. The van der Waals surface area contributed by atoms with E-state index in [0.717, 1.165) is 0 Å². The van der Waals surface area contributed by atoms with Crippen molar-refractivity contribution in [1.82, 2.24) is 0 Å². The van der Waals surface area contributed by atoms with Crippen LogP contribution < -0.4 is 0 Å². The summed E-state index contributed by atoms with van der Waals surface area (Å²) < 4.78 is 66.8. The van der Waals surface area contributed by atoms with E-state index in [1.165, 1.54) is 82.0 Å². The minimum Gasteiger partial charge on any atom is -0.324 e. The second-order valence-corrected chi connectivity index (χ2v) is 9.57. The normalized spacial score (nSPS) is 12.4. The molecule has 0 saturated carbocycles. The number of quaternary nitrogens is 1. The van der Waals surface area contributed by atoms with E-state index in [0.29, 0.717) is 24.3 Å². The number of hydrogen-bond donors (Lipinski definition) is 1. The number of nitrogens with zero attached hydrogens (tertiary/aromatic N) is 1. The minimum atomic E-state index is -4.52. The highest BCUT2D eigenvalue weighted by atomic mass is 32.2. The topological polar surface area (TPSA) is 54.4 Å². The molecule has 0 radical (unpaired) electrons. The summed E-state index contributed by atoms with van der Waals surface area (Å²) in [5, 5.41) is 0. The standard InChI is InChI=1S/C16H36N.C7H5F3O3S/c1-5-9-13-17(14-10-6-2,15-11-7-3)16-12-8-4;8-7(9,10)5-1-3-6(4-2-5)14(11,12)13/h5-16H2,1-4H3;1-4H,(H,11,12,13)/q+1;. The predicted molar refractivity (Wildman–Crippen MR) is 121 cm³/mol. The Bertz CT molecular complexity index is 652. The molecule has 0 aliphatic carbocycles. The van der Waals surface area contributed by atoms with E-state index in [1.807, 2.05) is 0 Å². The molecule has 0 aromatic heterocycles. The Morgan fingerprint density at radius 1 is 0.742 bits per heavy atom.